The summed E-state index contributed by atoms with van der Waals surface area (Å²) in [6.45, 7) is 5.44. The molecule has 1 fully saturated rings. The highest BCUT2D eigenvalue weighted by Crippen LogP contribution is 2.27. The Morgan fingerprint density at radius 2 is 2.42 bits per heavy atom. The lowest BCUT2D eigenvalue weighted by molar-refractivity contribution is 0.277. The zero-order chi connectivity index (χ0) is 13.2. The Morgan fingerprint density at radius 1 is 1.53 bits per heavy atom. The molecule has 5 heteroatoms. The molecule has 3 rings (SSSR count). The van der Waals surface area contributed by atoms with Crippen molar-refractivity contribution in [3.63, 3.8) is 0 Å². The van der Waals surface area contributed by atoms with Crippen molar-refractivity contribution in [1.29, 1.82) is 0 Å². The summed E-state index contributed by atoms with van der Waals surface area (Å²) in [6, 6.07) is 5.35. The van der Waals surface area contributed by atoms with E-state index in [9.17, 15) is 4.39 Å². The first-order valence-corrected chi connectivity index (χ1v) is 7.62. The number of hydrogen-bond donors (Lipinski definition) is 1. The minimum Gasteiger partial charge on any atom is -0.360 e. The molecular formula is C14H18FN3S. The number of hydrogen-bond acceptors (Lipinski definition) is 4. The lowest BCUT2D eigenvalue weighted by atomic mass is 10.2. The number of likely N-dealkylation sites (N-methyl/N-ethyl adjacent to an activating group) is 1. The summed E-state index contributed by atoms with van der Waals surface area (Å²) < 4.78 is 14.0. The minimum absolute atomic E-state index is 0.198. The number of aromatic nitrogens is 1. The number of thiazole rings is 1. The van der Waals surface area contributed by atoms with E-state index in [-0.39, 0.29) is 5.82 Å². The van der Waals surface area contributed by atoms with Crippen LogP contribution in [0.4, 0.5) is 9.52 Å². The van der Waals surface area contributed by atoms with E-state index in [1.54, 1.807) is 12.1 Å². The van der Waals surface area contributed by atoms with Gasteiger partial charge in [-0.25, -0.2) is 9.37 Å². The Labute approximate surface area is 116 Å². The molecule has 1 saturated heterocycles. The molecule has 0 spiro atoms. The summed E-state index contributed by atoms with van der Waals surface area (Å²) in [5, 5.41) is 4.30. The second kappa shape index (κ2) is 5.43. The van der Waals surface area contributed by atoms with Crippen LogP contribution in [0.1, 0.15) is 19.8 Å². The Balaban J connectivity index is 1.68. The Hall–Kier alpha value is -1.20. The predicted molar refractivity (Wildman–Crippen MR) is 78.3 cm³/mol. The van der Waals surface area contributed by atoms with Gasteiger partial charge in [-0.1, -0.05) is 18.3 Å². The van der Waals surface area contributed by atoms with Gasteiger partial charge in [-0.15, -0.1) is 0 Å². The van der Waals surface area contributed by atoms with Crippen molar-refractivity contribution < 1.29 is 4.39 Å². The maximum atomic E-state index is 13.1. The lowest BCUT2D eigenvalue weighted by Gasteiger charge is -2.22. The number of nitrogens with one attached hydrogen (secondary N) is 1. The fourth-order valence-electron chi connectivity index (χ4n) is 2.72. The number of benzene rings is 1. The maximum absolute atomic E-state index is 13.1. The third-order valence-electron chi connectivity index (χ3n) is 3.74. The van der Waals surface area contributed by atoms with E-state index >= 15 is 0 Å². The van der Waals surface area contributed by atoms with Crippen molar-refractivity contribution in [2.24, 2.45) is 0 Å². The van der Waals surface area contributed by atoms with Crippen molar-refractivity contribution in [2.45, 2.75) is 25.8 Å². The van der Waals surface area contributed by atoms with E-state index in [4.69, 9.17) is 0 Å². The molecular weight excluding hydrogens is 261 g/mol. The molecule has 1 aliphatic rings. The lowest BCUT2D eigenvalue weighted by Crippen LogP contribution is -2.34. The first-order valence-electron chi connectivity index (χ1n) is 6.80. The topological polar surface area (TPSA) is 28.2 Å². The fraction of sp³-hybridized carbons (Fsp3) is 0.500. The van der Waals surface area contributed by atoms with E-state index in [1.807, 2.05) is 0 Å². The molecule has 1 N–H and O–H groups in total. The van der Waals surface area contributed by atoms with E-state index in [0.29, 0.717) is 6.04 Å². The van der Waals surface area contributed by atoms with Gasteiger partial charge in [0.1, 0.15) is 5.82 Å². The molecule has 0 amide bonds. The van der Waals surface area contributed by atoms with E-state index < -0.39 is 0 Å². The van der Waals surface area contributed by atoms with Crippen LogP contribution in [0.2, 0.25) is 0 Å². The molecule has 1 unspecified atom stereocenters. The van der Waals surface area contributed by atoms with Gasteiger partial charge >= 0.3 is 0 Å². The van der Waals surface area contributed by atoms with Crippen LogP contribution in [-0.4, -0.2) is 35.6 Å². The summed E-state index contributed by atoms with van der Waals surface area (Å²) in [7, 11) is 0. The van der Waals surface area contributed by atoms with Crippen LogP contribution in [0.25, 0.3) is 10.2 Å². The number of anilines is 1. The second-order valence-electron chi connectivity index (χ2n) is 4.94. The molecule has 0 aliphatic carbocycles. The van der Waals surface area contributed by atoms with Gasteiger partial charge in [0.2, 0.25) is 0 Å². The summed E-state index contributed by atoms with van der Waals surface area (Å²) >= 11 is 1.52. The predicted octanol–water partition coefficient (Wildman–Crippen LogP) is 3.33. The standard InChI is InChI=1S/C14H18FN3S/c1-2-18-7-3-4-11(18)9-16-14-17-12-6-5-10(15)8-13(12)19-14/h5-6,8,11H,2-4,7,9H2,1H3,(H,16,17). The quantitative estimate of drug-likeness (QED) is 0.930. The van der Waals surface area contributed by atoms with Gasteiger partial charge in [-0.2, -0.15) is 0 Å². The summed E-state index contributed by atoms with van der Waals surface area (Å²) in [5.74, 6) is -0.198. The molecule has 0 bridgehead atoms. The number of likely N-dealkylation sites (tertiary alicyclic amines) is 1. The fourth-order valence-corrected chi connectivity index (χ4v) is 3.62. The highest BCUT2D eigenvalue weighted by molar-refractivity contribution is 7.22. The Kier molecular flexibility index (Phi) is 3.66. The molecule has 2 heterocycles. The Bertz CT molecular complexity index is 569. The SMILES string of the molecule is CCN1CCCC1CNc1nc2ccc(F)cc2s1. The van der Waals surface area contributed by atoms with Crippen molar-refractivity contribution >= 4 is 26.7 Å². The molecule has 0 radical (unpaired) electrons. The van der Waals surface area contributed by atoms with Gasteiger partial charge in [0.25, 0.3) is 0 Å². The molecule has 1 aromatic carbocycles. The highest BCUT2D eigenvalue weighted by Gasteiger charge is 2.22. The molecule has 19 heavy (non-hydrogen) atoms. The van der Waals surface area contributed by atoms with Gasteiger partial charge < -0.3 is 5.32 Å². The molecule has 2 aromatic rings. The smallest absolute Gasteiger partial charge is 0.183 e. The van der Waals surface area contributed by atoms with Crippen LogP contribution in [0.5, 0.6) is 0 Å². The summed E-state index contributed by atoms with van der Waals surface area (Å²) in [4.78, 5) is 6.99. The van der Waals surface area contributed by atoms with Gasteiger partial charge in [-0.3, -0.25) is 4.90 Å². The average molecular weight is 279 g/mol. The zero-order valence-electron chi connectivity index (χ0n) is 11.0. The first-order chi connectivity index (χ1) is 9.26. The van der Waals surface area contributed by atoms with Crippen molar-refractivity contribution in [2.75, 3.05) is 25.0 Å². The molecule has 1 atom stereocenters. The molecule has 3 nitrogen and oxygen atoms in total. The van der Waals surface area contributed by atoms with Crippen molar-refractivity contribution in [3.8, 4) is 0 Å². The van der Waals surface area contributed by atoms with Crippen LogP contribution in [0.15, 0.2) is 18.2 Å². The number of nitrogens with zero attached hydrogens (tertiary/aromatic N) is 2. The molecule has 1 aliphatic heterocycles. The third kappa shape index (κ3) is 2.72. The van der Waals surface area contributed by atoms with Crippen LogP contribution in [0.3, 0.4) is 0 Å². The Morgan fingerprint density at radius 3 is 3.26 bits per heavy atom. The summed E-state index contributed by atoms with van der Waals surface area (Å²) in [6.07, 6.45) is 2.53. The van der Waals surface area contributed by atoms with E-state index in [1.165, 1.54) is 36.8 Å². The van der Waals surface area contributed by atoms with Gasteiger partial charge in [-0.05, 0) is 44.1 Å². The third-order valence-corrected chi connectivity index (χ3v) is 4.72. The van der Waals surface area contributed by atoms with Gasteiger partial charge in [0.15, 0.2) is 5.13 Å². The number of halogens is 1. The van der Waals surface area contributed by atoms with E-state index in [0.717, 1.165) is 28.4 Å². The molecule has 102 valence electrons. The van der Waals surface area contributed by atoms with Crippen molar-refractivity contribution in [3.05, 3.63) is 24.0 Å². The zero-order valence-corrected chi connectivity index (χ0v) is 11.8. The highest BCUT2D eigenvalue weighted by atomic mass is 32.1. The largest absolute Gasteiger partial charge is 0.360 e. The maximum Gasteiger partial charge on any atom is 0.183 e. The normalized spacial score (nSPS) is 20.2. The number of rotatable bonds is 4. The van der Waals surface area contributed by atoms with Gasteiger partial charge in [0.05, 0.1) is 10.2 Å². The van der Waals surface area contributed by atoms with Crippen molar-refractivity contribution in [1.82, 2.24) is 9.88 Å². The van der Waals surface area contributed by atoms with Crippen LogP contribution in [0, 0.1) is 5.82 Å². The van der Waals surface area contributed by atoms with Crippen LogP contribution in [-0.2, 0) is 0 Å². The van der Waals surface area contributed by atoms with E-state index in [2.05, 4.69) is 22.1 Å². The first kappa shape index (κ1) is 12.8. The van der Waals surface area contributed by atoms with Crippen LogP contribution >= 0.6 is 11.3 Å². The summed E-state index contributed by atoms with van der Waals surface area (Å²) in [5.41, 5.74) is 0.868. The monoisotopic (exact) mass is 279 g/mol. The molecule has 0 saturated carbocycles. The minimum atomic E-state index is -0.198. The molecule has 1 aromatic heterocycles. The van der Waals surface area contributed by atoms with Gasteiger partial charge in [0, 0.05) is 12.6 Å². The second-order valence-corrected chi connectivity index (χ2v) is 5.97. The number of fused-ring (bicyclic) bond motifs is 1. The van der Waals surface area contributed by atoms with Crippen LogP contribution < -0.4 is 5.32 Å². The average Bonchev–Trinajstić information content (AvgIpc) is 3.01.